The van der Waals surface area contributed by atoms with E-state index < -0.39 is 0 Å². The predicted molar refractivity (Wildman–Crippen MR) is 111 cm³/mol. The van der Waals surface area contributed by atoms with Crippen LogP contribution in [0.25, 0.3) is 0 Å². The van der Waals surface area contributed by atoms with Crippen LogP contribution in [0.3, 0.4) is 0 Å². The maximum atomic E-state index is 13.0. The third kappa shape index (κ3) is 4.28. The number of nitrogens with zero attached hydrogens (tertiary/aromatic N) is 3. The van der Waals surface area contributed by atoms with Gasteiger partial charge in [0.1, 0.15) is 0 Å². The molecule has 28 heavy (non-hydrogen) atoms. The fourth-order valence-corrected chi connectivity index (χ4v) is 5.17. The molecule has 0 unspecified atom stereocenters. The van der Waals surface area contributed by atoms with Gasteiger partial charge in [-0.05, 0) is 37.1 Å². The Hall–Kier alpha value is -0.990. The maximum absolute atomic E-state index is 13.0. The molecule has 0 spiro atoms. The molecule has 1 N–H and O–H groups in total. The van der Waals surface area contributed by atoms with E-state index in [1.54, 1.807) is 0 Å². The summed E-state index contributed by atoms with van der Waals surface area (Å²) < 4.78 is 6.46. The SMILES string of the molecule is O=C(CN1CCOCC1)N1CCCCN2[C@H](CO)[C@H](c3ccc(Br)cc3)[C@@H]2C1. The van der Waals surface area contributed by atoms with Gasteiger partial charge >= 0.3 is 0 Å². The third-order valence-corrected chi connectivity index (χ3v) is 6.97. The number of halogens is 1. The van der Waals surface area contributed by atoms with Crippen LogP contribution in [-0.2, 0) is 9.53 Å². The van der Waals surface area contributed by atoms with Crippen molar-refractivity contribution in [1.29, 1.82) is 0 Å². The number of aliphatic hydroxyl groups excluding tert-OH is 1. The van der Waals surface area contributed by atoms with Crippen molar-refractivity contribution in [3.8, 4) is 0 Å². The van der Waals surface area contributed by atoms with Crippen molar-refractivity contribution in [3.63, 3.8) is 0 Å². The van der Waals surface area contributed by atoms with E-state index in [0.29, 0.717) is 19.8 Å². The van der Waals surface area contributed by atoms with Crippen LogP contribution in [0.15, 0.2) is 28.7 Å². The van der Waals surface area contributed by atoms with Crippen LogP contribution >= 0.6 is 15.9 Å². The zero-order valence-electron chi connectivity index (χ0n) is 16.3. The van der Waals surface area contributed by atoms with E-state index in [1.165, 1.54) is 5.56 Å². The average Bonchev–Trinajstić information content (AvgIpc) is 2.69. The zero-order valence-corrected chi connectivity index (χ0v) is 17.9. The second kappa shape index (κ2) is 9.22. The van der Waals surface area contributed by atoms with Crippen molar-refractivity contribution >= 4 is 21.8 Å². The fraction of sp³-hybridized carbons (Fsp3) is 0.667. The summed E-state index contributed by atoms with van der Waals surface area (Å²) in [6.07, 6.45) is 2.10. The highest BCUT2D eigenvalue weighted by molar-refractivity contribution is 9.10. The molecular formula is C21H30BrN3O3. The Morgan fingerprint density at radius 1 is 1.11 bits per heavy atom. The van der Waals surface area contributed by atoms with Gasteiger partial charge < -0.3 is 14.7 Å². The highest BCUT2D eigenvalue weighted by Crippen LogP contribution is 2.42. The minimum atomic E-state index is 0.153. The molecular weight excluding hydrogens is 422 g/mol. The van der Waals surface area contributed by atoms with Gasteiger partial charge in [-0.25, -0.2) is 0 Å². The highest BCUT2D eigenvalue weighted by atomic mass is 79.9. The van der Waals surface area contributed by atoms with E-state index >= 15 is 0 Å². The first-order valence-corrected chi connectivity index (χ1v) is 11.2. The number of amides is 1. The minimum Gasteiger partial charge on any atom is -0.395 e. The van der Waals surface area contributed by atoms with E-state index in [9.17, 15) is 9.90 Å². The molecule has 0 aliphatic carbocycles. The molecule has 3 aliphatic heterocycles. The second-order valence-electron chi connectivity index (χ2n) is 8.07. The molecule has 0 aromatic heterocycles. The van der Waals surface area contributed by atoms with Crippen molar-refractivity contribution in [2.45, 2.75) is 30.8 Å². The van der Waals surface area contributed by atoms with E-state index in [2.05, 4.69) is 54.9 Å². The lowest BCUT2D eigenvalue weighted by Gasteiger charge is -2.57. The Kier molecular flexibility index (Phi) is 6.68. The quantitative estimate of drug-likeness (QED) is 0.751. The number of hydrogen-bond acceptors (Lipinski definition) is 5. The van der Waals surface area contributed by atoms with Crippen LogP contribution in [0.5, 0.6) is 0 Å². The summed E-state index contributed by atoms with van der Waals surface area (Å²) in [7, 11) is 0. The number of morpholine rings is 1. The van der Waals surface area contributed by atoms with Gasteiger partial charge in [-0.1, -0.05) is 28.1 Å². The molecule has 6 nitrogen and oxygen atoms in total. The fourth-order valence-electron chi connectivity index (χ4n) is 4.90. The van der Waals surface area contributed by atoms with Gasteiger partial charge in [0.15, 0.2) is 0 Å². The van der Waals surface area contributed by atoms with E-state index in [-0.39, 0.29) is 30.5 Å². The molecule has 3 fully saturated rings. The summed E-state index contributed by atoms with van der Waals surface area (Å²) in [5, 5.41) is 10.0. The van der Waals surface area contributed by atoms with Gasteiger partial charge in [0.25, 0.3) is 0 Å². The van der Waals surface area contributed by atoms with Crippen LogP contribution in [0.4, 0.5) is 0 Å². The Bertz CT molecular complexity index is 665. The van der Waals surface area contributed by atoms with Crippen LogP contribution in [-0.4, -0.2) is 96.9 Å². The lowest BCUT2D eigenvalue weighted by atomic mass is 9.74. The topological polar surface area (TPSA) is 56.2 Å². The van der Waals surface area contributed by atoms with Gasteiger partial charge in [-0.15, -0.1) is 0 Å². The number of carbonyl (C=O) groups excluding carboxylic acids is 1. The molecule has 0 radical (unpaired) electrons. The molecule has 0 saturated carbocycles. The molecule has 1 amide bonds. The lowest BCUT2D eigenvalue weighted by molar-refractivity contribution is -0.138. The first-order valence-electron chi connectivity index (χ1n) is 10.4. The predicted octanol–water partition coefficient (Wildman–Crippen LogP) is 1.53. The highest BCUT2D eigenvalue weighted by Gasteiger charge is 2.49. The van der Waals surface area contributed by atoms with Crippen LogP contribution in [0.2, 0.25) is 0 Å². The number of aliphatic hydroxyl groups is 1. The zero-order chi connectivity index (χ0) is 19.5. The number of ether oxygens (including phenoxy) is 1. The molecule has 3 aliphatic rings. The van der Waals surface area contributed by atoms with Crippen LogP contribution < -0.4 is 0 Å². The Balaban J connectivity index is 1.47. The first-order chi connectivity index (χ1) is 13.7. The average molecular weight is 452 g/mol. The van der Waals surface area contributed by atoms with Crippen molar-refractivity contribution in [2.24, 2.45) is 0 Å². The molecule has 1 aromatic rings. The summed E-state index contributed by atoms with van der Waals surface area (Å²) in [4.78, 5) is 19.7. The Morgan fingerprint density at radius 3 is 2.54 bits per heavy atom. The molecule has 3 atom stereocenters. The standard InChI is InChI=1S/C21H30BrN3O3/c22-17-5-3-16(4-6-17)21-18-13-24(7-1-2-8-25(18)19(21)15-26)20(27)14-23-9-11-28-12-10-23/h3-6,18-19,21,26H,1-2,7-15H2/t18-,19+,21+/m0/s1. The van der Waals surface area contributed by atoms with Crippen molar-refractivity contribution in [2.75, 3.05) is 59.1 Å². The summed E-state index contributed by atoms with van der Waals surface area (Å²) in [6, 6.07) is 8.86. The molecule has 7 heteroatoms. The monoisotopic (exact) mass is 451 g/mol. The summed E-state index contributed by atoms with van der Waals surface area (Å²) >= 11 is 3.51. The molecule has 0 bridgehead atoms. The van der Waals surface area contributed by atoms with Gasteiger partial charge in [-0.3, -0.25) is 14.6 Å². The maximum Gasteiger partial charge on any atom is 0.236 e. The summed E-state index contributed by atoms with van der Waals surface area (Å²) in [5.74, 6) is 0.501. The lowest BCUT2D eigenvalue weighted by Crippen LogP contribution is -2.68. The number of hydrogen-bond donors (Lipinski definition) is 1. The van der Waals surface area contributed by atoms with E-state index in [4.69, 9.17) is 4.74 Å². The number of carbonyl (C=O) groups is 1. The largest absolute Gasteiger partial charge is 0.395 e. The van der Waals surface area contributed by atoms with Gasteiger partial charge in [0.2, 0.25) is 5.91 Å². The molecule has 1 aromatic carbocycles. The van der Waals surface area contributed by atoms with Crippen molar-refractivity contribution in [1.82, 2.24) is 14.7 Å². The van der Waals surface area contributed by atoms with E-state index in [1.807, 2.05) is 0 Å². The van der Waals surface area contributed by atoms with E-state index in [0.717, 1.165) is 50.0 Å². The van der Waals surface area contributed by atoms with Gasteiger partial charge in [-0.2, -0.15) is 0 Å². The van der Waals surface area contributed by atoms with Crippen LogP contribution in [0, 0.1) is 0 Å². The molecule has 3 saturated heterocycles. The summed E-state index contributed by atoms with van der Waals surface area (Å²) in [5.41, 5.74) is 1.25. The number of rotatable bonds is 4. The second-order valence-corrected chi connectivity index (χ2v) is 8.98. The molecule has 3 heterocycles. The number of fused-ring (bicyclic) bond motifs is 1. The summed E-state index contributed by atoms with van der Waals surface area (Å²) in [6.45, 7) is 6.36. The smallest absolute Gasteiger partial charge is 0.236 e. The first kappa shape index (κ1) is 20.3. The normalized spacial score (nSPS) is 29.5. The number of benzene rings is 1. The molecule has 154 valence electrons. The van der Waals surface area contributed by atoms with Gasteiger partial charge in [0, 0.05) is 48.7 Å². The van der Waals surface area contributed by atoms with Crippen molar-refractivity contribution in [3.05, 3.63) is 34.3 Å². The Morgan fingerprint density at radius 2 is 1.82 bits per heavy atom. The van der Waals surface area contributed by atoms with Crippen molar-refractivity contribution < 1.29 is 14.6 Å². The third-order valence-electron chi connectivity index (χ3n) is 6.44. The molecule has 4 rings (SSSR count). The van der Waals surface area contributed by atoms with Crippen LogP contribution in [0.1, 0.15) is 24.3 Å². The van der Waals surface area contributed by atoms with Gasteiger partial charge in [0.05, 0.1) is 26.4 Å². The minimum absolute atomic E-state index is 0.153. The Labute approximate surface area is 175 Å².